The number of nitrogens with two attached hydrogens (primary N) is 1. The normalized spacial score (nSPS) is 13.0. The molecule has 0 radical (unpaired) electrons. The zero-order valence-corrected chi connectivity index (χ0v) is 16.4. The van der Waals surface area contributed by atoms with E-state index < -0.39 is 27.0 Å². The van der Waals surface area contributed by atoms with Crippen molar-refractivity contribution in [1.82, 2.24) is 5.32 Å². The maximum absolute atomic E-state index is 12.5. The third kappa shape index (κ3) is 7.16. The van der Waals surface area contributed by atoms with Gasteiger partial charge in [0.25, 0.3) is 0 Å². The van der Waals surface area contributed by atoms with Crippen LogP contribution in [0, 0.1) is 0 Å². The van der Waals surface area contributed by atoms with Gasteiger partial charge in [-0.05, 0) is 30.4 Å². The van der Waals surface area contributed by atoms with Crippen molar-refractivity contribution in [2.24, 2.45) is 5.73 Å². The van der Waals surface area contributed by atoms with Gasteiger partial charge in [-0.2, -0.15) is 0 Å². The van der Waals surface area contributed by atoms with Gasteiger partial charge < -0.3 is 11.1 Å². The lowest BCUT2D eigenvalue weighted by atomic mass is 10.1. The zero-order valence-electron chi connectivity index (χ0n) is 15.6. The van der Waals surface area contributed by atoms with Gasteiger partial charge >= 0.3 is 0 Å². The quantitative estimate of drug-likeness (QED) is 0.628. The molecule has 3 N–H and O–H groups in total. The highest BCUT2D eigenvalue weighted by Crippen LogP contribution is 2.16. The number of amides is 1. The van der Waals surface area contributed by atoms with E-state index >= 15 is 0 Å². The summed E-state index contributed by atoms with van der Waals surface area (Å²) in [6.45, 7) is 6.36. The first-order chi connectivity index (χ1) is 11.8. The van der Waals surface area contributed by atoms with Crippen LogP contribution in [0.3, 0.4) is 0 Å². The SMILES string of the molecule is CCCC(CCC)S(=O)(=O)C[C@@H](N)C(=O)NCc1cccc(CC)c1. The molecule has 6 heteroatoms. The number of rotatable bonds is 11. The topological polar surface area (TPSA) is 89.3 Å². The van der Waals surface area contributed by atoms with Crippen molar-refractivity contribution in [2.45, 2.75) is 70.7 Å². The van der Waals surface area contributed by atoms with E-state index in [1.807, 2.05) is 38.1 Å². The molecule has 0 spiro atoms. The van der Waals surface area contributed by atoms with Crippen molar-refractivity contribution >= 4 is 15.7 Å². The van der Waals surface area contributed by atoms with Gasteiger partial charge in [0.2, 0.25) is 5.91 Å². The van der Waals surface area contributed by atoms with Crippen molar-refractivity contribution in [3.05, 3.63) is 35.4 Å². The fourth-order valence-corrected chi connectivity index (χ4v) is 5.00. The average Bonchev–Trinajstić information content (AvgIpc) is 2.59. The lowest BCUT2D eigenvalue weighted by molar-refractivity contribution is -0.122. The van der Waals surface area contributed by atoms with Crippen molar-refractivity contribution in [3.8, 4) is 0 Å². The number of carbonyl (C=O) groups excluding carboxylic acids is 1. The lowest BCUT2D eigenvalue weighted by Crippen LogP contribution is -2.46. The highest BCUT2D eigenvalue weighted by Gasteiger charge is 2.28. The minimum atomic E-state index is -3.37. The van der Waals surface area contributed by atoms with Gasteiger partial charge in [0.1, 0.15) is 0 Å². The molecule has 1 aromatic rings. The molecule has 0 bridgehead atoms. The third-order valence-electron chi connectivity index (χ3n) is 4.34. The molecular formula is C19H32N2O3S. The molecule has 0 saturated carbocycles. The first-order valence-corrected chi connectivity index (χ1v) is 10.9. The molecule has 0 aromatic heterocycles. The van der Waals surface area contributed by atoms with Crippen LogP contribution in [0.1, 0.15) is 57.6 Å². The molecule has 0 unspecified atom stereocenters. The molecule has 1 rings (SSSR count). The lowest BCUT2D eigenvalue weighted by Gasteiger charge is -2.19. The average molecular weight is 369 g/mol. The smallest absolute Gasteiger partial charge is 0.238 e. The van der Waals surface area contributed by atoms with Gasteiger partial charge in [-0.3, -0.25) is 4.79 Å². The summed E-state index contributed by atoms with van der Waals surface area (Å²) in [7, 11) is -3.37. The van der Waals surface area contributed by atoms with E-state index in [1.165, 1.54) is 5.56 Å². The predicted molar refractivity (Wildman–Crippen MR) is 103 cm³/mol. The fourth-order valence-electron chi connectivity index (χ4n) is 2.89. The summed E-state index contributed by atoms with van der Waals surface area (Å²) in [4.78, 5) is 12.2. The van der Waals surface area contributed by atoms with Gasteiger partial charge in [0, 0.05) is 6.54 Å². The monoisotopic (exact) mass is 368 g/mol. The highest BCUT2D eigenvalue weighted by molar-refractivity contribution is 7.92. The number of sulfone groups is 1. The summed E-state index contributed by atoms with van der Waals surface area (Å²) < 4.78 is 25.0. The van der Waals surface area contributed by atoms with Crippen molar-refractivity contribution in [3.63, 3.8) is 0 Å². The Labute approximate surface area is 152 Å². The van der Waals surface area contributed by atoms with Crippen LogP contribution in [0.4, 0.5) is 0 Å². The van der Waals surface area contributed by atoms with Crippen LogP contribution in [0.5, 0.6) is 0 Å². The summed E-state index contributed by atoms with van der Waals surface area (Å²) in [6.07, 6.45) is 3.77. The van der Waals surface area contributed by atoms with E-state index in [2.05, 4.69) is 12.2 Å². The van der Waals surface area contributed by atoms with Crippen molar-refractivity contribution < 1.29 is 13.2 Å². The van der Waals surface area contributed by atoms with Crippen molar-refractivity contribution in [2.75, 3.05) is 5.75 Å². The van der Waals surface area contributed by atoms with Crippen LogP contribution in [-0.4, -0.2) is 31.4 Å². The first kappa shape index (κ1) is 21.6. The number of aryl methyl sites for hydroxylation is 1. The number of carbonyl (C=O) groups is 1. The standard InChI is InChI=1S/C19H32N2O3S/c1-4-8-17(9-5-2)25(23,24)14-18(20)19(22)21-13-16-11-7-10-15(6-3)12-16/h7,10-12,17-18H,4-6,8-9,13-14,20H2,1-3H3,(H,21,22)/t18-/m1/s1. The fraction of sp³-hybridized carbons (Fsp3) is 0.632. The van der Waals surface area contributed by atoms with Gasteiger partial charge in [-0.15, -0.1) is 0 Å². The zero-order chi connectivity index (χ0) is 18.9. The largest absolute Gasteiger partial charge is 0.351 e. The Morgan fingerprint density at radius 3 is 2.28 bits per heavy atom. The minimum Gasteiger partial charge on any atom is -0.351 e. The summed E-state index contributed by atoms with van der Waals surface area (Å²) in [6, 6.07) is 6.91. The number of nitrogens with one attached hydrogen (secondary N) is 1. The molecule has 5 nitrogen and oxygen atoms in total. The highest BCUT2D eigenvalue weighted by atomic mass is 32.2. The molecule has 0 aliphatic carbocycles. The molecule has 0 aliphatic rings. The number of hydrogen-bond acceptors (Lipinski definition) is 4. The van der Waals surface area contributed by atoms with Crippen molar-refractivity contribution in [1.29, 1.82) is 0 Å². The second-order valence-electron chi connectivity index (χ2n) is 6.53. The van der Waals surface area contributed by atoms with Crippen LogP contribution >= 0.6 is 0 Å². The second kappa shape index (κ2) is 10.6. The van der Waals surface area contributed by atoms with E-state index in [0.717, 1.165) is 24.8 Å². The summed E-state index contributed by atoms with van der Waals surface area (Å²) >= 11 is 0. The Balaban J connectivity index is 2.62. The Morgan fingerprint density at radius 2 is 1.72 bits per heavy atom. The maximum atomic E-state index is 12.5. The molecule has 0 fully saturated rings. The third-order valence-corrected chi connectivity index (χ3v) is 6.66. The van der Waals surface area contributed by atoms with E-state index in [9.17, 15) is 13.2 Å². The summed E-state index contributed by atoms with van der Waals surface area (Å²) in [5.74, 6) is -0.712. The Morgan fingerprint density at radius 1 is 1.12 bits per heavy atom. The summed E-state index contributed by atoms with van der Waals surface area (Å²) in [5.41, 5.74) is 8.04. The van der Waals surface area contributed by atoms with Crippen LogP contribution in [0.25, 0.3) is 0 Å². The number of hydrogen-bond donors (Lipinski definition) is 2. The van der Waals surface area contributed by atoms with E-state index in [4.69, 9.17) is 5.73 Å². The minimum absolute atomic E-state index is 0.293. The molecule has 1 atom stereocenters. The molecule has 25 heavy (non-hydrogen) atoms. The Kier molecular flexibility index (Phi) is 9.14. The van der Waals surface area contributed by atoms with E-state index in [0.29, 0.717) is 19.4 Å². The summed E-state index contributed by atoms with van der Waals surface area (Å²) in [5, 5.41) is 2.35. The Hall–Kier alpha value is -1.40. The Bertz CT molecular complexity index is 638. The molecule has 0 aliphatic heterocycles. The van der Waals surface area contributed by atoms with E-state index in [1.54, 1.807) is 0 Å². The van der Waals surface area contributed by atoms with Gasteiger partial charge in [0.05, 0.1) is 17.0 Å². The molecule has 0 saturated heterocycles. The van der Waals surface area contributed by atoms with Crippen LogP contribution < -0.4 is 11.1 Å². The van der Waals surface area contributed by atoms with E-state index in [-0.39, 0.29) is 5.75 Å². The van der Waals surface area contributed by atoms with Gasteiger partial charge in [-0.25, -0.2) is 8.42 Å². The first-order valence-electron chi connectivity index (χ1n) is 9.16. The van der Waals surface area contributed by atoms with Crippen LogP contribution in [0.2, 0.25) is 0 Å². The predicted octanol–water partition coefficient (Wildman–Crippen LogP) is 2.58. The molecule has 1 amide bonds. The molecule has 0 heterocycles. The molecule has 1 aromatic carbocycles. The van der Waals surface area contributed by atoms with Gasteiger partial charge in [-0.1, -0.05) is 57.9 Å². The van der Waals surface area contributed by atoms with Crippen LogP contribution in [0.15, 0.2) is 24.3 Å². The molecular weight excluding hydrogens is 336 g/mol. The van der Waals surface area contributed by atoms with Gasteiger partial charge in [0.15, 0.2) is 9.84 Å². The number of benzene rings is 1. The molecule has 142 valence electrons. The second-order valence-corrected chi connectivity index (χ2v) is 8.85. The van der Waals surface area contributed by atoms with Crippen LogP contribution in [-0.2, 0) is 27.6 Å². The maximum Gasteiger partial charge on any atom is 0.238 e.